The second-order valence-electron chi connectivity index (χ2n) is 5.38. The van der Waals surface area contributed by atoms with E-state index in [1.807, 2.05) is 48.5 Å². The summed E-state index contributed by atoms with van der Waals surface area (Å²) in [4.78, 5) is 13.4. The van der Waals surface area contributed by atoms with Gasteiger partial charge in [0.25, 0.3) is 0 Å². The van der Waals surface area contributed by atoms with E-state index in [0.29, 0.717) is 6.61 Å². The van der Waals surface area contributed by atoms with Crippen molar-refractivity contribution in [1.29, 1.82) is 0 Å². The zero-order valence-corrected chi connectivity index (χ0v) is 11.9. The van der Waals surface area contributed by atoms with Crippen molar-refractivity contribution in [2.45, 2.75) is 25.3 Å². The number of rotatable bonds is 6. The molecule has 2 atom stereocenters. The Hall–Kier alpha value is -1.97. The van der Waals surface area contributed by atoms with Crippen molar-refractivity contribution in [3.63, 3.8) is 0 Å². The SMILES string of the molecule is O=C[C@@H]1[C@H](OCc2ccccc2)CN1Cc1ccccc1. The molecule has 1 aliphatic rings. The van der Waals surface area contributed by atoms with Gasteiger partial charge in [0.15, 0.2) is 0 Å². The van der Waals surface area contributed by atoms with Gasteiger partial charge in [0.2, 0.25) is 0 Å². The normalized spacial score (nSPS) is 21.7. The van der Waals surface area contributed by atoms with Crippen LogP contribution in [0.1, 0.15) is 11.1 Å². The van der Waals surface area contributed by atoms with Gasteiger partial charge in [0.1, 0.15) is 6.29 Å². The first-order valence-corrected chi connectivity index (χ1v) is 7.25. The summed E-state index contributed by atoms with van der Waals surface area (Å²) in [6, 6.07) is 20.1. The summed E-state index contributed by atoms with van der Waals surface area (Å²) in [7, 11) is 0. The van der Waals surface area contributed by atoms with Crippen LogP contribution in [0.15, 0.2) is 60.7 Å². The van der Waals surface area contributed by atoms with Crippen molar-refractivity contribution in [2.75, 3.05) is 6.54 Å². The van der Waals surface area contributed by atoms with Crippen LogP contribution in [0.4, 0.5) is 0 Å². The molecule has 0 saturated carbocycles. The zero-order chi connectivity index (χ0) is 14.5. The van der Waals surface area contributed by atoms with Gasteiger partial charge in [-0.3, -0.25) is 4.90 Å². The average Bonchev–Trinajstić information content (AvgIpc) is 2.52. The number of benzene rings is 2. The Morgan fingerprint density at radius 2 is 1.62 bits per heavy atom. The molecule has 2 aromatic rings. The third kappa shape index (κ3) is 3.38. The van der Waals surface area contributed by atoms with Gasteiger partial charge in [-0.1, -0.05) is 60.7 Å². The lowest BCUT2D eigenvalue weighted by Crippen LogP contribution is -2.61. The van der Waals surface area contributed by atoms with E-state index in [-0.39, 0.29) is 12.1 Å². The molecule has 1 fully saturated rings. The molecule has 0 radical (unpaired) electrons. The Labute approximate surface area is 125 Å². The number of likely N-dealkylation sites (tertiary alicyclic amines) is 1. The van der Waals surface area contributed by atoms with E-state index >= 15 is 0 Å². The fraction of sp³-hybridized carbons (Fsp3) is 0.278. The Kier molecular flexibility index (Phi) is 4.43. The maximum absolute atomic E-state index is 11.3. The molecule has 108 valence electrons. The highest BCUT2D eigenvalue weighted by atomic mass is 16.5. The van der Waals surface area contributed by atoms with Crippen LogP contribution in [-0.2, 0) is 22.7 Å². The highest BCUT2D eigenvalue weighted by molar-refractivity contribution is 5.60. The molecule has 21 heavy (non-hydrogen) atoms. The first-order valence-electron chi connectivity index (χ1n) is 7.25. The highest BCUT2D eigenvalue weighted by Gasteiger charge is 2.39. The molecule has 3 nitrogen and oxygen atoms in total. The monoisotopic (exact) mass is 281 g/mol. The quantitative estimate of drug-likeness (QED) is 0.762. The summed E-state index contributed by atoms with van der Waals surface area (Å²) in [6.45, 7) is 2.18. The van der Waals surface area contributed by atoms with Crippen molar-refractivity contribution >= 4 is 6.29 Å². The van der Waals surface area contributed by atoms with Crippen LogP contribution in [-0.4, -0.2) is 29.9 Å². The van der Waals surface area contributed by atoms with Gasteiger partial charge >= 0.3 is 0 Å². The van der Waals surface area contributed by atoms with Gasteiger partial charge in [0.05, 0.1) is 18.8 Å². The van der Waals surface area contributed by atoms with E-state index in [4.69, 9.17) is 4.74 Å². The van der Waals surface area contributed by atoms with E-state index in [2.05, 4.69) is 17.0 Å². The number of hydrogen-bond acceptors (Lipinski definition) is 3. The summed E-state index contributed by atoms with van der Waals surface area (Å²) < 4.78 is 5.86. The number of carbonyl (C=O) groups excluding carboxylic acids is 1. The third-order valence-electron chi connectivity index (χ3n) is 3.89. The van der Waals surface area contributed by atoms with Crippen LogP contribution in [0.25, 0.3) is 0 Å². The number of aldehydes is 1. The Morgan fingerprint density at radius 3 is 2.24 bits per heavy atom. The maximum Gasteiger partial charge on any atom is 0.139 e. The van der Waals surface area contributed by atoms with Gasteiger partial charge in [-0.05, 0) is 11.1 Å². The van der Waals surface area contributed by atoms with Crippen molar-refractivity contribution in [1.82, 2.24) is 4.90 Å². The molecule has 3 rings (SSSR count). The molecular weight excluding hydrogens is 262 g/mol. The fourth-order valence-corrected chi connectivity index (χ4v) is 2.65. The lowest BCUT2D eigenvalue weighted by molar-refractivity contribution is -0.140. The molecule has 3 heteroatoms. The number of hydrogen-bond donors (Lipinski definition) is 0. The molecular formula is C18H19NO2. The molecule has 0 spiro atoms. The van der Waals surface area contributed by atoms with E-state index in [0.717, 1.165) is 24.9 Å². The van der Waals surface area contributed by atoms with Crippen LogP contribution in [0.2, 0.25) is 0 Å². The minimum atomic E-state index is -0.131. The topological polar surface area (TPSA) is 29.5 Å². The molecule has 0 bridgehead atoms. The molecule has 0 unspecified atom stereocenters. The van der Waals surface area contributed by atoms with Gasteiger partial charge in [-0.2, -0.15) is 0 Å². The Bertz CT molecular complexity index is 570. The molecule has 1 saturated heterocycles. The number of nitrogens with zero attached hydrogens (tertiary/aromatic N) is 1. The van der Waals surface area contributed by atoms with Gasteiger partial charge < -0.3 is 9.53 Å². The van der Waals surface area contributed by atoms with Crippen LogP contribution < -0.4 is 0 Å². The number of ether oxygens (including phenoxy) is 1. The zero-order valence-electron chi connectivity index (χ0n) is 11.9. The van der Waals surface area contributed by atoms with Crippen LogP contribution in [0.3, 0.4) is 0 Å². The molecule has 0 N–H and O–H groups in total. The fourth-order valence-electron chi connectivity index (χ4n) is 2.65. The minimum absolute atomic E-state index is 0.00594. The van der Waals surface area contributed by atoms with Crippen LogP contribution >= 0.6 is 0 Å². The van der Waals surface area contributed by atoms with Crippen molar-refractivity contribution in [3.8, 4) is 0 Å². The van der Waals surface area contributed by atoms with E-state index in [9.17, 15) is 4.79 Å². The van der Waals surface area contributed by atoms with Gasteiger partial charge in [-0.25, -0.2) is 0 Å². The molecule has 0 amide bonds. The summed E-state index contributed by atoms with van der Waals surface area (Å²) in [5.74, 6) is 0. The summed E-state index contributed by atoms with van der Waals surface area (Å²) in [5, 5.41) is 0. The van der Waals surface area contributed by atoms with Gasteiger partial charge in [0, 0.05) is 13.1 Å². The van der Waals surface area contributed by atoms with Crippen molar-refractivity contribution in [2.24, 2.45) is 0 Å². The minimum Gasteiger partial charge on any atom is -0.370 e. The lowest BCUT2D eigenvalue weighted by atomic mass is 9.99. The predicted molar refractivity (Wildman–Crippen MR) is 81.7 cm³/mol. The maximum atomic E-state index is 11.3. The third-order valence-corrected chi connectivity index (χ3v) is 3.89. The Balaban J connectivity index is 1.52. The standard InChI is InChI=1S/C18H19NO2/c20-13-17-18(21-14-16-9-5-2-6-10-16)12-19(17)11-15-7-3-1-4-8-15/h1-10,13,17-18H,11-12,14H2/t17-,18-/m1/s1. The molecule has 0 aromatic heterocycles. The van der Waals surface area contributed by atoms with Crippen molar-refractivity contribution in [3.05, 3.63) is 71.8 Å². The second kappa shape index (κ2) is 6.66. The molecule has 1 aliphatic heterocycles. The van der Waals surface area contributed by atoms with Crippen LogP contribution in [0.5, 0.6) is 0 Å². The number of carbonyl (C=O) groups is 1. The summed E-state index contributed by atoms with van der Waals surface area (Å²) >= 11 is 0. The van der Waals surface area contributed by atoms with E-state index in [1.54, 1.807) is 0 Å². The molecule has 1 heterocycles. The predicted octanol–water partition coefficient (Wildman–Crippen LogP) is 2.66. The first kappa shape index (κ1) is 14.0. The molecule has 0 aliphatic carbocycles. The van der Waals surface area contributed by atoms with Gasteiger partial charge in [-0.15, -0.1) is 0 Å². The lowest BCUT2D eigenvalue weighted by Gasteiger charge is -2.44. The molecule has 2 aromatic carbocycles. The van der Waals surface area contributed by atoms with Crippen molar-refractivity contribution < 1.29 is 9.53 Å². The smallest absolute Gasteiger partial charge is 0.139 e. The highest BCUT2D eigenvalue weighted by Crippen LogP contribution is 2.23. The Morgan fingerprint density at radius 1 is 1.00 bits per heavy atom. The second-order valence-corrected chi connectivity index (χ2v) is 5.38. The summed E-state index contributed by atoms with van der Waals surface area (Å²) in [5.41, 5.74) is 2.37. The first-order chi connectivity index (χ1) is 10.4. The van der Waals surface area contributed by atoms with E-state index < -0.39 is 0 Å². The van der Waals surface area contributed by atoms with Crippen LogP contribution in [0, 0.1) is 0 Å². The van der Waals surface area contributed by atoms with E-state index in [1.165, 1.54) is 5.56 Å². The summed E-state index contributed by atoms with van der Waals surface area (Å²) in [6.07, 6.45) is 1.01. The average molecular weight is 281 g/mol. The largest absolute Gasteiger partial charge is 0.370 e.